The van der Waals surface area contributed by atoms with Gasteiger partial charge in [-0.15, -0.1) is 5.10 Å². The number of fused-ring (bicyclic) bond motifs is 1. The third-order valence-electron chi connectivity index (χ3n) is 4.95. The molecule has 0 aliphatic carbocycles. The quantitative estimate of drug-likeness (QED) is 0.366. The van der Waals surface area contributed by atoms with Gasteiger partial charge in [0.2, 0.25) is 4.96 Å². The van der Waals surface area contributed by atoms with Crippen LogP contribution in [0, 0.1) is 0 Å². The Kier molecular flexibility index (Phi) is 6.62. The molecule has 7 heteroatoms. The van der Waals surface area contributed by atoms with Gasteiger partial charge < -0.3 is 9.47 Å². The number of hydrogen-bond donors (Lipinski definition) is 0. The molecule has 31 heavy (non-hydrogen) atoms. The fourth-order valence-electron chi connectivity index (χ4n) is 3.30. The maximum absolute atomic E-state index is 12.8. The molecule has 2 aromatic heterocycles. The highest BCUT2D eigenvalue weighted by molar-refractivity contribution is 7.15. The molecule has 160 valence electrons. The van der Waals surface area contributed by atoms with Crippen LogP contribution in [0.4, 0.5) is 0 Å². The molecule has 4 aromatic rings. The maximum Gasteiger partial charge on any atom is 0.291 e. The zero-order valence-electron chi connectivity index (χ0n) is 17.7. The van der Waals surface area contributed by atoms with E-state index >= 15 is 0 Å². The van der Waals surface area contributed by atoms with Crippen LogP contribution in [0.2, 0.25) is 0 Å². The molecule has 0 N–H and O–H groups in total. The molecule has 2 aromatic carbocycles. The molecular formula is C24H25N3O3S. The lowest BCUT2D eigenvalue weighted by Crippen LogP contribution is -2.23. The van der Waals surface area contributed by atoms with Crippen LogP contribution >= 0.6 is 11.3 Å². The summed E-state index contributed by atoms with van der Waals surface area (Å²) < 4.78 is 13.3. The number of hydrogen-bond acceptors (Lipinski definition) is 6. The SMILES string of the molecule is CCCCCCOc1ccc(/C=c2/sc3nc(-c4ccccc4)nn3c2=O)cc1OC. The molecule has 0 aliphatic heterocycles. The van der Waals surface area contributed by atoms with Gasteiger partial charge in [-0.2, -0.15) is 9.50 Å². The number of aromatic nitrogens is 3. The normalized spacial score (nSPS) is 11.9. The van der Waals surface area contributed by atoms with Gasteiger partial charge in [0, 0.05) is 5.56 Å². The van der Waals surface area contributed by atoms with E-state index in [1.165, 1.54) is 28.7 Å². The zero-order chi connectivity index (χ0) is 21.6. The average molecular weight is 436 g/mol. The minimum Gasteiger partial charge on any atom is -0.493 e. The summed E-state index contributed by atoms with van der Waals surface area (Å²) >= 11 is 1.32. The van der Waals surface area contributed by atoms with Crippen molar-refractivity contribution in [1.82, 2.24) is 14.6 Å². The maximum atomic E-state index is 12.8. The largest absolute Gasteiger partial charge is 0.493 e. The second kappa shape index (κ2) is 9.75. The molecule has 6 nitrogen and oxygen atoms in total. The van der Waals surface area contributed by atoms with Gasteiger partial charge in [0.1, 0.15) is 0 Å². The Bertz CT molecular complexity index is 1260. The van der Waals surface area contributed by atoms with E-state index in [0.717, 1.165) is 24.0 Å². The van der Waals surface area contributed by atoms with Crippen LogP contribution in [0.5, 0.6) is 11.5 Å². The number of benzene rings is 2. The highest BCUT2D eigenvalue weighted by Crippen LogP contribution is 2.28. The van der Waals surface area contributed by atoms with Crippen LogP contribution in [0.25, 0.3) is 22.4 Å². The van der Waals surface area contributed by atoms with Crippen molar-refractivity contribution in [3.8, 4) is 22.9 Å². The molecular weight excluding hydrogens is 410 g/mol. The van der Waals surface area contributed by atoms with Crippen molar-refractivity contribution in [3.05, 3.63) is 69.0 Å². The topological polar surface area (TPSA) is 65.7 Å². The molecule has 0 saturated carbocycles. The summed E-state index contributed by atoms with van der Waals surface area (Å²) in [5, 5.41) is 4.39. The molecule has 2 heterocycles. The standard InChI is InChI=1S/C24H25N3O3S/c1-3-4-5-9-14-30-19-13-12-17(15-20(19)29-2)16-21-23(28)27-24(31-21)25-22(26-27)18-10-7-6-8-11-18/h6-8,10-13,15-16H,3-5,9,14H2,1-2H3/b21-16+. The summed E-state index contributed by atoms with van der Waals surface area (Å²) in [6, 6.07) is 15.3. The van der Waals surface area contributed by atoms with Crippen LogP contribution < -0.4 is 19.6 Å². The Morgan fingerprint density at radius 3 is 2.65 bits per heavy atom. The van der Waals surface area contributed by atoms with Crippen LogP contribution in [-0.4, -0.2) is 28.3 Å². The molecule has 0 fully saturated rings. The van der Waals surface area contributed by atoms with Gasteiger partial charge in [0.15, 0.2) is 17.3 Å². The highest BCUT2D eigenvalue weighted by atomic mass is 32.1. The Morgan fingerprint density at radius 2 is 1.90 bits per heavy atom. The van der Waals surface area contributed by atoms with Crippen molar-refractivity contribution in [1.29, 1.82) is 0 Å². The predicted octanol–water partition coefficient (Wildman–Crippen LogP) is 4.33. The Morgan fingerprint density at radius 1 is 1.06 bits per heavy atom. The lowest BCUT2D eigenvalue weighted by Gasteiger charge is -2.11. The zero-order valence-corrected chi connectivity index (χ0v) is 18.5. The second-order valence-corrected chi connectivity index (χ2v) is 8.24. The summed E-state index contributed by atoms with van der Waals surface area (Å²) in [5.41, 5.74) is 1.57. The Hall–Kier alpha value is -3.19. The van der Waals surface area contributed by atoms with Crippen molar-refractivity contribution in [2.24, 2.45) is 0 Å². The monoisotopic (exact) mass is 435 g/mol. The van der Waals surface area contributed by atoms with Gasteiger partial charge in [-0.25, -0.2) is 0 Å². The number of thiazole rings is 1. The molecule has 0 bridgehead atoms. The van der Waals surface area contributed by atoms with Gasteiger partial charge in [-0.05, 0) is 30.2 Å². The van der Waals surface area contributed by atoms with E-state index in [9.17, 15) is 4.79 Å². The van der Waals surface area contributed by atoms with Gasteiger partial charge in [-0.3, -0.25) is 4.79 Å². The van der Waals surface area contributed by atoms with E-state index in [4.69, 9.17) is 9.47 Å². The van der Waals surface area contributed by atoms with Crippen LogP contribution in [0.1, 0.15) is 38.2 Å². The van der Waals surface area contributed by atoms with E-state index in [0.29, 0.717) is 33.4 Å². The molecule has 0 atom stereocenters. The minimum atomic E-state index is -0.176. The molecule has 0 spiro atoms. The molecule has 0 unspecified atom stereocenters. The molecule has 0 aliphatic rings. The van der Waals surface area contributed by atoms with E-state index in [-0.39, 0.29) is 5.56 Å². The molecule has 0 saturated heterocycles. The Labute approximate surface area is 184 Å². The van der Waals surface area contributed by atoms with Crippen molar-refractivity contribution in [2.45, 2.75) is 32.6 Å². The second-order valence-electron chi connectivity index (χ2n) is 7.23. The number of nitrogens with zero attached hydrogens (tertiary/aromatic N) is 3. The molecule has 0 amide bonds. The van der Waals surface area contributed by atoms with Crippen LogP contribution in [-0.2, 0) is 0 Å². The lowest BCUT2D eigenvalue weighted by molar-refractivity contribution is 0.285. The van der Waals surface area contributed by atoms with Gasteiger partial charge in [-0.1, -0.05) is 73.9 Å². The van der Waals surface area contributed by atoms with E-state index in [2.05, 4.69) is 17.0 Å². The first-order chi connectivity index (χ1) is 15.2. The number of rotatable bonds is 9. The summed E-state index contributed by atoms with van der Waals surface area (Å²) in [6.07, 6.45) is 6.44. The number of methoxy groups -OCH3 is 1. The fourth-order valence-corrected chi connectivity index (χ4v) is 4.21. The molecule has 0 radical (unpaired) electrons. The smallest absolute Gasteiger partial charge is 0.291 e. The summed E-state index contributed by atoms with van der Waals surface area (Å²) in [5.74, 6) is 1.92. The first kappa shape index (κ1) is 21.1. The van der Waals surface area contributed by atoms with Crippen LogP contribution in [0.3, 0.4) is 0 Å². The van der Waals surface area contributed by atoms with Crippen molar-refractivity contribution < 1.29 is 9.47 Å². The third-order valence-corrected chi connectivity index (χ3v) is 5.91. The first-order valence-corrected chi connectivity index (χ1v) is 11.3. The molecule has 4 rings (SSSR count). The third kappa shape index (κ3) is 4.77. The van der Waals surface area contributed by atoms with Gasteiger partial charge >= 0.3 is 0 Å². The highest BCUT2D eigenvalue weighted by Gasteiger charge is 2.12. The van der Waals surface area contributed by atoms with E-state index in [1.54, 1.807) is 7.11 Å². The van der Waals surface area contributed by atoms with Gasteiger partial charge in [0.05, 0.1) is 18.2 Å². The van der Waals surface area contributed by atoms with E-state index < -0.39 is 0 Å². The van der Waals surface area contributed by atoms with Crippen LogP contribution in [0.15, 0.2) is 53.3 Å². The van der Waals surface area contributed by atoms with Crippen molar-refractivity contribution in [3.63, 3.8) is 0 Å². The number of unbranched alkanes of at least 4 members (excludes halogenated alkanes) is 3. The van der Waals surface area contributed by atoms with Gasteiger partial charge in [0.25, 0.3) is 5.56 Å². The van der Waals surface area contributed by atoms with Crippen molar-refractivity contribution >= 4 is 22.4 Å². The summed E-state index contributed by atoms with van der Waals surface area (Å²) in [7, 11) is 1.62. The van der Waals surface area contributed by atoms with Crippen molar-refractivity contribution in [2.75, 3.05) is 13.7 Å². The predicted molar refractivity (Wildman–Crippen MR) is 124 cm³/mol. The first-order valence-electron chi connectivity index (χ1n) is 10.5. The Balaban J connectivity index is 1.57. The average Bonchev–Trinajstić information content (AvgIpc) is 3.34. The minimum absolute atomic E-state index is 0.176. The fraction of sp³-hybridized carbons (Fsp3) is 0.292. The lowest BCUT2D eigenvalue weighted by atomic mass is 10.2. The summed E-state index contributed by atoms with van der Waals surface area (Å²) in [6.45, 7) is 2.86. The van der Waals surface area contributed by atoms with E-state index in [1.807, 2.05) is 54.6 Å². The number of ether oxygens (including phenoxy) is 2. The summed E-state index contributed by atoms with van der Waals surface area (Å²) in [4.78, 5) is 17.9.